The Hall–Kier alpha value is -2.55. The second kappa shape index (κ2) is 7.14. The van der Waals surface area contributed by atoms with Crippen molar-refractivity contribution in [3.63, 3.8) is 0 Å². The van der Waals surface area contributed by atoms with Gasteiger partial charge >= 0.3 is 6.03 Å². The summed E-state index contributed by atoms with van der Waals surface area (Å²) in [6, 6.07) is 13.5. The van der Waals surface area contributed by atoms with Crippen molar-refractivity contribution >= 4 is 58.0 Å². The van der Waals surface area contributed by atoms with Gasteiger partial charge in [-0.25, -0.2) is 9.69 Å². The molecule has 126 valence electrons. The number of nitrogens with one attached hydrogen (secondary N) is 1. The first kappa shape index (κ1) is 17.3. The first-order valence-corrected chi connectivity index (χ1v) is 8.59. The Labute approximate surface area is 158 Å². The average molecular weight is 447 g/mol. The molecule has 2 aromatic carbocycles. The predicted octanol–water partition coefficient (Wildman–Crippen LogP) is 3.20. The Bertz CT molecular complexity index is 877. The van der Waals surface area contributed by atoms with Crippen molar-refractivity contribution in [2.45, 2.75) is 6.92 Å². The number of anilines is 1. The molecule has 0 spiro atoms. The zero-order chi connectivity index (χ0) is 18.0. The van der Waals surface area contributed by atoms with Gasteiger partial charge in [-0.15, -0.1) is 0 Å². The summed E-state index contributed by atoms with van der Waals surface area (Å²) in [6.45, 7) is 1.86. The fourth-order valence-electron chi connectivity index (χ4n) is 2.42. The highest BCUT2D eigenvalue weighted by Gasteiger charge is 2.40. The third kappa shape index (κ3) is 3.76. The SMILES string of the molecule is Cc1cccc(N2C(=O)NC(=O)[C@@H](C=Nc3ccc(I)cc3)C2=O)c1. The summed E-state index contributed by atoms with van der Waals surface area (Å²) in [4.78, 5) is 42.0. The molecule has 1 aliphatic heterocycles. The van der Waals surface area contributed by atoms with Crippen molar-refractivity contribution in [2.24, 2.45) is 10.9 Å². The molecule has 0 aliphatic carbocycles. The summed E-state index contributed by atoms with van der Waals surface area (Å²) in [7, 11) is 0. The van der Waals surface area contributed by atoms with E-state index in [9.17, 15) is 14.4 Å². The lowest BCUT2D eigenvalue weighted by Gasteiger charge is -2.28. The van der Waals surface area contributed by atoms with Crippen LogP contribution in [0, 0.1) is 16.4 Å². The number of hydrogen-bond donors (Lipinski definition) is 1. The number of rotatable bonds is 3. The Morgan fingerprint density at radius 2 is 1.84 bits per heavy atom. The number of barbiturate groups is 1. The van der Waals surface area contributed by atoms with Gasteiger partial charge in [-0.3, -0.25) is 19.9 Å². The van der Waals surface area contributed by atoms with E-state index in [4.69, 9.17) is 0 Å². The maximum atomic E-state index is 12.7. The van der Waals surface area contributed by atoms with Crippen LogP contribution in [-0.4, -0.2) is 24.1 Å². The lowest BCUT2D eigenvalue weighted by Crippen LogP contribution is -2.58. The minimum Gasteiger partial charge on any atom is -0.276 e. The maximum Gasteiger partial charge on any atom is 0.335 e. The molecule has 2 aromatic rings. The summed E-state index contributed by atoms with van der Waals surface area (Å²) < 4.78 is 1.05. The van der Waals surface area contributed by atoms with Gasteiger partial charge in [-0.2, -0.15) is 0 Å². The molecule has 0 aromatic heterocycles. The number of halogens is 1. The van der Waals surface area contributed by atoms with Gasteiger partial charge in [-0.1, -0.05) is 12.1 Å². The molecule has 1 fully saturated rings. The number of carbonyl (C=O) groups excluding carboxylic acids is 3. The molecule has 0 saturated carbocycles. The van der Waals surface area contributed by atoms with Crippen LogP contribution in [0.1, 0.15) is 5.56 Å². The molecule has 3 rings (SSSR count). The van der Waals surface area contributed by atoms with Gasteiger partial charge in [0, 0.05) is 9.78 Å². The number of aryl methyl sites for hydroxylation is 1. The molecule has 1 N–H and O–H groups in total. The van der Waals surface area contributed by atoms with Crippen LogP contribution in [0.2, 0.25) is 0 Å². The van der Waals surface area contributed by atoms with Crippen LogP contribution in [0.4, 0.5) is 16.2 Å². The van der Waals surface area contributed by atoms with E-state index in [1.807, 2.05) is 25.1 Å². The summed E-state index contributed by atoms with van der Waals surface area (Å²) in [5.74, 6) is -2.45. The van der Waals surface area contributed by atoms with Crippen LogP contribution in [0.5, 0.6) is 0 Å². The highest BCUT2D eigenvalue weighted by molar-refractivity contribution is 14.1. The molecule has 6 nitrogen and oxygen atoms in total. The minimum atomic E-state index is -1.16. The second-order valence-electron chi connectivity index (χ2n) is 5.54. The topological polar surface area (TPSA) is 78.8 Å². The number of imide groups is 2. The molecule has 1 saturated heterocycles. The zero-order valence-corrected chi connectivity index (χ0v) is 15.4. The minimum absolute atomic E-state index is 0.419. The zero-order valence-electron chi connectivity index (χ0n) is 13.3. The van der Waals surface area contributed by atoms with Gasteiger partial charge < -0.3 is 0 Å². The summed E-state index contributed by atoms with van der Waals surface area (Å²) in [5, 5.41) is 2.21. The van der Waals surface area contributed by atoms with Crippen molar-refractivity contribution in [3.8, 4) is 0 Å². The van der Waals surface area contributed by atoms with Crippen molar-refractivity contribution in [2.75, 3.05) is 4.90 Å². The van der Waals surface area contributed by atoms with E-state index < -0.39 is 23.8 Å². The van der Waals surface area contributed by atoms with E-state index in [0.717, 1.165) is 14.0 Å². The molecule has 4 amide bonds. The lowest BCUT2D eigenvalue weighted by atomic mass is 10.1. The summed E-state index contributed by atoms with van der Waals surface area (Å²) in [6.07, 6.45) is 1.27. The largest absolute Gasteiger partial charge is 0.335 e. The van der Waals surface area contributed by atoms with Crippen molar-refractivity contribution < 1.29 is 14.4 Å². The number of carbonyl (C=O) groups is 3. The molecule has 0 bridgehead atoms. The van der Waals surface area contributed by atoms with E-state index in [1.165, 1.54) is 6.21 Å². The number of amides is 4. The average Bonchev–Trinajstić information content (AvgIpc) is 2.56. The van der Waals surface area contributed by atoms with E-state index in [0.29, 0.717) is 11.4 Å². The Kier molecular flexibility index (Phi) is 4.93. The summed E-state index contributed by atoms with van der Waals surface area (Å²) >= 11 is 2.17. The van der Waals surface area contributed by atoms with E-state index in [2.05, 4.69) is 32.9 Å². The molecular weight excluding hydrogens is 433 g/mol. The van der Waals surface area contributed by atoms with Crippen LogP contribution in [0.15, 0.2) is 53.5 Å². The second-order valence-corrected chi connectivity index (χ2v) is 6.78. The molecule has 1 atom stereocenters. The fourth-order valence-corrected chi connectivity index (χ4v) is 2.78. The van der Waals surface area contributed by atoms with Gasteiger partial charge in [0.25, 0.3) is 5.91 Å². The molecule has 0 radical (unpaired) electrons. The number of urea groups is 1. The molecule has 1 aliphatic rings. The van der Waals surface area contributed by atoms with E-state index in [-0.39, 0.29) is 0 Å². The molecular formula is C18H14IN3O3. The van der Waals surface area contributed by atoms with Crippen LogP contribution >= 0.6 is 22.6 Å². The third-order valence-corrected chi connectivity index (χ3v) is 4.38. The van der Waals surface area contributed by atoms with E-state index >= 15 is 0 Å². The molecule has 7 heteroatoms. The standard InChI is InChI=1S/C18H14IN3O3/c1-11-3-2-4-14(9-11)22-17(24)15(16(23)21-18(22)25)10-20-13-7-5-12(19)6-8-13/h2-10,15H,1H3,(H,21,23,25)/t15-/m1/s1. The quantitative estimate of drug-likeness (QED) is 0.446. The smallest absolute Gasteiger partial charge is 0.276 e. The van der Waals surface area contributed by atoms with Gasteiger partial charge in [0.2, 0.25) is 5.91 Å². The first-order valence-electron chi connectivity index (χ1n) is 7.51. The fraction of sp³-hybridized carbons (Fsp3) is 0.111. The Balaban J connectivity index is 1.89. The number of aliphatic imine (C=N–C) groups is 1. The van der Waals surface area contributed by atoms with Crippen LogP contribution in [-0.2, 0) is 9.59 Å². The first-order chi connectivity index (χ1) is 12.0. The third-order valence-electron chi connectivity index (χ3n) is 3.66. The number of benzene rings is 2. The molecule has 0 unspecified atom stereocenters. The van der Waals surface area contributed by atoms with Gasteiger partial charge in [0.05, 0.1) is 11.4 Å². The maximum absolute atomic E-state index is 12.7. The molecule has 25 heavy (non-hydrogen) atoms. The number of hydrogen-bond acceptors (Lipinski definition) is 4. The Morgan fingerprint density at radius 1 is 1.12 bits per heavy atom. The highest BCUT2D eigenvalue weighted by atomic mass is 127. The van der Waals surface area contributed by atoms with Gasteiger partial charge in [0.1, 0.15) is 0 Å². The van der Waals surface area contributed by atoms with Crippen molar-refractivity contribution in [3.05, 3.63) is 57.7 Å². The van der Waals surface area contributed by atoms with Gasteiger partial charge in [0.15, 0.2) is 5.92 Å². The van der Waals surface area contributed by atoms with E-state index in [1.54, 1.807) is 30.3 Å². The monoisotopic (exact) mass is 447 g/mol. The van der Waals surface area contributed by atoms with Gasteiger partial charge in [-0.05, 0) is 71.5 Å². The highest BCUT2D eigenvalue weighted by Crippen LogP contribution is 2.22. The normalized spacial score (nSPS) is 17.9. The summed E-state index contributed by atoms with van der Waals surface area (Å²) in [5.41, 5.74) is 1.95. The van der Waals surface area contributed by atoms with Crippen LogP contribution in [0.3, 0.4) is 0 Å². The predicted molar refractivity (Wildman–Crippen MR) is 103 cm³/mol. The number of nitrogens with zero attached hydrogens (tertiary/aromatic N) is 2. The molecule has 1 heterocycles. The van der Waals surface area contributed by atoms with Crippen LogP contribution < -0.4 is 10.2 Å². The lowest BCUT2D eigenvalue weighted by molar-refractivity contribution is -0.131. The Morgan fingerprint density at radius 3 is 2.52 bits per heavy atom. The van der Waals surface area contributed by atoms with Crippen LogP contribution in [0.25, 0.3) is 0 Å². The van der Waals surface area contributed by atoms with Crippen molar-refractivity contribution in [1.82, 2.24) is 5.32 Å². The van der Waals surface area contributed by atoms with Crippen molar-refractivity contribution in [1.29, 1.82) is 0 Å².